The molecule has 1 fully saturated rings. The summed E-state index contributed by atoms with van der Waals surface area (Å²) in [6, 6.07) is 11.6. The van der Waals surface area contributed by atoms with Crippen molar-refractivity contribution in [1.82, 2.24) is 0 Å². The molecule has 0 unspecified atom stereocenters. The minimum Gasteiger partial charge on any atom is -0.462 e. The van der Waals surface area contributed by atoms with E-state index in [1.807, 2.05) is 0 Å². The minimum atomic E-state index is -4.67. The maximum absolute atomic E-state index is 12.3. The molecule has 0 heterocycles. The highest BCUT2D eigenvalue weighted by Gasteiger charge is 2.36. The molecule has 188 valence electrons. The first-order valence-electron chi connectivity index (χ1n) is 11.1. The number of alkyl halides is 3. The summed E-state index contributed by atoms with van der Waals surface area (Å²) in [5.74, 6) is -1.16. The zero-order chi connectivity index (χ0) is 25.4. The van der Waals surface area contributed by atoms with Gasteiger partial charge in [0.2, 0.25) is 0 Å². The first-order valence-corrected chi connectivity index (χ1v) is 11.1. The van der Waals surface area contributed by atoms with Crippen LogP contribution in [0.1, 0.15) is 36.8 Å². The molecule has 2 aromatic carbocycles. The third-order valence-electron chi connectivity index (χ3n) is 5.60. The van der Waals surface area contributed by atoms with E-state index >= 15 is 0 Å². The fourth-order valence-electron chi connectivity index (χ4n) is 3.77. The second-order valence-corrected chi connectivity index (χ2v) is 8.24. The summed E-state index contributed by atoms with van der Waals surface area (Å²) in [7, 11) is 0. The number of halogens is 3. The number of hydrogen-bond donors (Lipinski definition) is 2. The van der Waals surface area contributed by atoms with E-state index in [2.05, 4.69) is 4.74 Å². The quantitative estimate of drug-likeness (QED) is 0.239. The zero-order valence-corrected chi connectivity index (χ0v) is 18.9. The monoisotopic (exact) mass is 492 g/mol. The first-order chi connectivity index (χ1) is 16.6. The molecule has 0 spiro atoms. The molecule has 0 aromatic heterocycles. The van der Waals surface area contributed by atoms with Crippen LogP contribution in [0.5, 0.6) is 5.75 Å². The van der Waals surface area contributed by atoms with Crippen LogP contribution in [0.25, 0.3) is 6.08 Å². The Morgan fingerprint density at radius 3 is 2.31 bits per heavy atom. The Balaban J connectivity index is 1.40. The number of rotatable bonds is 8. The highest BCUT2D eigenvalue weighted by molar-refractivity contribution is 5.87. The smallest absolute Gasteiger partial charge is 0.462 e. The van der Waals surface area contributed by atoms with E-state index in [0.717, 1.165) is 5.56 Å². The van der Waals surface area contributed by atoms with Gasteiger partial charge in [0.1, 0.15) is 5.75 Å². The molecule has 0 aliphatic heterocycles. The lowest BCUT2D eigenvalue weighted by atomic mass is 9.87. The number of hydrogen-bond acceptors (Lipinski definition) is 7. The minimum absolute atomic E-state index is 0.145. The third kappa shape index (κ3) is 8.64. The van der Waals surface area contributed by atoms with Gasteiger partial charge in [-0.1, -0.05) is 18.2 Å². The van der Waals surface area contributed by atoms with Gasteiger partial charge in [0.25, 0.3) is 0 Å². The van der Waals surface area contributed by atoms with Crippen LogP contribution < -0.4 is 16.2 Å². The van der Waals surface area contributed by atoms with E-state index in [0.29, 0.717) is 29.1 Å². The summed E-state index contributed by atoms with van der Waals surface area (Å²) >= 11 is 0. The van der Waals surface area contributed by atoms with Crippen LogP contribution in [0.4, 0.5) is 24.5 Å². The molecule has 0 saturated heterocycles. The maximum Gasteiger partial charge on any atom is 0.522 e. The van der Waals surface area contributed by atoms with Gasteiger partial charge >= 0.3 is 18.3 Å². The Hall–Kier alpha value is -3.53. The molecule has 10 heteroatoms. The molecule has 1 aliphatic carbocycles. The molecule has 4 N–H and O–H groups in total. The van der Waals surface area contributed by atoms with Crippen molar-refractivity contribution in [2.45, 2.75) is 44.6 Å². The second kappa shape index (κ2) is 11.7. The maximum atomic E-state index is 12.3. The van der Waals surface area contributed by atoms with Crippen molar-refractivity contribution >= 4 is 29.4 Å². The van der Waals surface area contributed by atoms with Gasteiger partial charge in [0.05, 0.1) is 18.6 Å². The molecule has 2 aromatic rings. The van der Waals surface area contributed by atoms with Crippen molar-refractivity contribution in [3.05, 3.63) is 59.7 Å². The molecule has 1 aliphatic rings. The van der Waals surface area contributed by atoms with Crippen LogP contribution in [-0.2, 0) is 25.5 Å². The summed E-state index contributed by atoms with van der Waals surface area (Å²) in [5.41, 5.74) is 14.2. The van der Waals surface area contributed by atoms with Crippen LogP contribution in [0.15, 0.2) is 48.5 Å². The molecule has 1 saturated carbocycles. The number of benzene rings is 2. The molecule has 35 heavy (non-hydrogen) atoms. The fourth-order valence-corrected chi connectivity index (χ4v) is 3.77. The number of carbonyl (C=O) groups excluding carboxylic acids is 2. The fraction of sp³-hybridized carbons (Fsp3) is 0.360. The predicted octanol–water partition coefficient (Wildman–Crippen LogP) is 4.65. The van der Waals surface area contributed by atoms with Gasteiger partial charge in [0, 0.05) is 23.9 Å². The predicted molar refractivity (Wildman–Crippen MR) is 124 cm³/mol. The number of ether oxygens (including phenoxy) is 3. The van der Waals surface area contributed by atoms with Gasteiger partial charge in [0.15, 0.2) is 0 Å². The Kier molecular flexibility index (Phi) is 8.75. The lowest BCUT2D eigenvalue weighted by Gasteiger charge is -2.27. The molecule has 7 nitrogen and oxygen atoms in total. The molecular weight excluding hydrogens is 465 g/mol. The van der Waals surface area contributed by atoms with E-state index in [1.54, 1.807) is 48.5 Å². The van der Waals surface area contributed by atoms with E-state index in [1.165, 1.54) is 6.08 Å². The molecule has 3 rings (SSSR count). The van der Waals surface area contributed by atoms with Gasteiger partial charge in [-0.05, 0) is 67.2 Å². The van der Waals surface area contributed by atoms with Crippen LogP contribution in [0, 0.1) is 5.92 Å². The van der Waals surface area contributed by atoms with Crippen molar-refractivity contribution in [2.24, 2.45) is 5.92 Å². The van der Waals surface area contributed by atoms with Crippen molar-refractivity contribution < 1.29 is 37.0 Å². The third-order valence-corrected chi connectivity index (χ3v) is 5.60. The van der Waals surface area contributed by atoms with Crippen molar-refractivity contribution in [3.63, 3.8) is 0 Å². The average molecular weight is 492 g/mol. The Morgan fingerprint density at radius 2 is 1.69 bits per heavy atom. The normalized spacial score (nSPS) is 18.4. The molecule has 0 radical (unpaired) electrons. The zero-order valence-electron chi connectivity index (χ0n) is 18.9. The van der Waals surface area contributed by atoms with E-state index in [4.69, 9.17) is 20.9 Å². The van der Waals surface area contributed by atoms with Crippen molar-refractivity contribution in [3.8, 4) is 5.75 Å². The van der Waals surface area contributed by atoms with Gasteiger partial charge in [-0.3, -0.25) is 9.53 Å². The largest absolute Gasteiger partial charge is 0.522 e. The van der Waals surface area contributed by atoms with Crippen LogP contribution >= 0.6 is 0 Å². The molecule has 0 atom stereocenters. The lowest BCUT2D eigenvalue weighted by Crippen LogP contribution is -2.32. The summed E-state index contributed by atoms with van der Waals surface area (Å²) in [6.07, 6.45) is -1.45. The number of esters is 2. The summed E-state index contributed by atoms with van der Waals surface area (Å²) in [6.45, 7) is 0.163. The van der Waals surface area contributed by atoms with E-state index < -0.39 is 30.3 Å². The van der Waals surface area contributed by atoms with Crippen LogP contribution in [0.2, 0.25) is 0 Å². The lowest BCUT2D eigenvalue weighted by molar-refractivity contribution is -0.345. The topological polar surface area (TPSA) is 114 Å². The highest BCUT2D eigenvalue weighted by Crippen LogP contribution is 2.31. The standard InChI is InChI=1S/C25H27F3N2O5/c26-25(27,28)35-21-10-5-18(6-11-21)24(32)34-20-8-1-16(2-9-20)3-12-23(31)33-14-13-17-4-7-19(29)15-22(17)30/h1-4,7-9,12,15,18,21H,5-6,10-11,13-14,29-30H2/b12-3+. The number of nitrogens with two attached hydrogens (primary N) is 2. The first kappa shape index (κ1) is 26.1. The molecule has 0 bridgehead atoms. The second-order valence-electron chi connectivity index (χ2n) is 8.24. The Morgan fingerprint density at radius 1 is 1.00 bits per heavy atom. The summed E-state index contributed by atoms with van der Waals surface area (Å²) < 4.78 is 51.5. The summed E-state index contributed by atoms with van der Waals surface area (Å²) in [5, 5.41) is 0. The Bertz CT molecular complexity index is 1050. The summed E-state index contributed by atoms with van der Waals surface area (Å²) in [4.78, 5) is 24.3. The van der Waals surface area contributed by atoms with Gasteiger partial charge < -0.3 is 20.9 Å². The average Bonchev–Trinajstić information content (AvgIpc) is 2.79. The van der Waals surface area contributed by atoms with Crippen LogP contribution in [0.3, 0.4) is 0 Å². The van der Waals surface area contributed by atoms with Gasteiger partial charge in [-0.2, -0.15) is 0 Å². The van der Waals surface area contributed by atoms with Crippen LogP contribution in [-0.4, -0.2) is 31.0 Å². The van der Waals surface area contributed by atoms with Crippen molar-refractivity contribution in [2.75, 3.05) is 18.1 Å². The highest BCUT2D eigenvalue weighted by atomic mass is 19.4. The number of carbonyl (C=O) groups is 2. The van der Waals surface area contributed by atoms with Gasteiger partial charge in [-0.25, -0.2) is 4.79 Å². The number of nitrogen functional groups attached to an aromatic ring is 2. The van der Waals surface area contributed by atoms with E-state index in [9.17, 15) is 22.8 Å². The molecular formula is C25H27F3N2O5. The number of anilines is 2. The van der Waals surface area contributed by atoms with Gasteiger partial charge in [-0.15, -0.1) is 13.2 Å². The van der Waals surface area contributed by atoms with E-state index in [-0.39, 0.29) is 32.3 Å². The Labute approximate surface area is 200 Å². The SMILES string of the molecule is Nc1ccc(CCOC(=O)/C=C/c2ccc(OC(=O)C3CCC(OC(F)(F)F)CC3)cc2)c(N)c1. The molecule has 0 amide bonds. The van der Waals surface area contributed by atoms with Crippen molar-refractivity contribution in [1.29, 1.82) is 0 Å².